The highest BCUT2D eigenvalue weighted by Gasteiger charge is 2.26. The van der Waals surface area contributed by atoms with Crippen molar-refractivity contribution in [1.82, 2.24) is 9.88 Å². The van der Waals surface area contributed by atoms with Crippen molar-refractivity contribution >= 4 is 81.8 Å². The van der Waals surface area contributed by atoms with Crippen LogP contribution in [0.4, 0.5) is 0 Å². The van der Waals surface area contributed by atoms with E-state index >= 15 is 0 Å². The molecule has 230 valence electrons. The predicted octanol–water partition coefficient (Wildman–Crippen LogP) is 10.3. The molecule has 0 spiro atoms. The fourth-order valence-corrected chi connectivity index (χ4v) is 8.93. The van der Waals surface area contributed by atoms with E-state index in [0.29, 0.717) is 0 Å². The van der Waals surface area contributed by atoms with Crippen LogP contribution in [0.3, 0.4) is 0 Å². The molecule has 0 aliphatic carbocycles. The number of nitrogens with one attached hydrogen (secondary N) is 1. The van der Waals surface area contributed by atoms with E-state index in [1.165, 1.54) is 48.2 Å². The van der Waals surface area contributed by atoms with Crippen LogP contribution in [0.25, 0.3) is 81.6 Å². The Morgan fingerprint density at radius 1 is 0.571 bits per heavy atom. The van der Waals surface area contributed by atoms with Gasteiger partial charge in [0.1, 0.15) is 23.2 Å². The molecule has 1 atom stereocenters. The second-order valence-electron chi connectivity index (χ2n) is 12.8. The maximum absolute atomic E-state index is 6.59. The average Bonchev–Trinajstić information content (AvgIpc) is 3.83. The van der Waals surface area contributed by atoms with Crippen LogP contribution in [0.1, 0.15) is 11.7 Å². The number of para-hydroxylation sites is 2. The van der Waals surface area contributed by atoms with Crippen LogP contribution >= 0.6 is 11.3 Å². The minimum Gasteiger partial charge on any atom is -0.456 e. The summed E-state index contributed by atoms with van der Waals surface area (Å²) in [7, 11) is 0. The zero-order valence-corrected chi connectivity index (χ0v) is 27.0. The summed E-state index contributed by atoms with van der Waals surface area (Å²) in [4.78, 5) is 5.48. The van der Waals surface area contributed by atoms with E-state index in [9.17, 15) is 0 Å². The van der Waals surface area contributed by atoms with Crippen LogP contribution in [0.2, 0.25) is 0 Å². The number of thiophene rings is 1. The SMILES string of the molecule is c1ccc2cc(-c3ccc4c(c3)oc3cccc(C5N=c6c(sc7ccccc67)=C(n6c7ccccc7c7ccccc76)N5)c34)ccc2c1. The molecular formula is C44H27N3OS. The number of nitrogens with zero attached hydrogens (tertiary/aromatic N) is 2. The molecule has 10 aromatic rings. The monoisotopic (exact) mass is 645 g/mol. The topological polar surface area (TPSA) is 42.5 Å². The van der Waals surface area contributed by atoms with Gasteiger partial charge in [-0.3, -0.25) is 9.56 Å². The van der Waals surface area contributed by atoms with Gasteiger partial charge in [0.05, 0.1) is 20.9 Å². The zero-order valence-electron chi connectivity index (χ0n) is 26.2. The first-order valence-electron chi connectivity index (χ1n) is 16.6. The highest BCUT2D eigenvalue weighted by atomic mass is 32.1. The van der Waals surface area contributed by atoms with Gasteiger partial charge in [0.15, 0.2) is 0 Å². The van der Waals surface area contributed by atoms with E-state index in [-0.39, 0.29) is 6.17 Å². The van der Waals surface area contributed by atoms with Gasteiger partial charge in [-0.1, -0.05) is 109 Å². The predicted molar refractivity (Wildman–Crippen MR) is 203 cm³/mol. The largest absolute Gasteiger partial charge is 0.456 e. The summed E-state index contributed by atoms with van der Waals surface area (Å²) < 4.78 is 11.4. The molecule has 1 unspecified atom stereocenters. The van der Waals surface area contributed by atoms with E-state index in [0.717, 1.165) is 48.8 Å². The van der Waals surface area contributed by atoms with Crippen molar-refractivity contribution in [2.24, 2.45) is 4.99 Å². The summed E-state index contributed by atoms with van der Waals surface area (Å²) in [5, 5.41) is 13.3. The number of furan rings is 1. The van der Waals surface area contributed by atoms with E-state index in [1.54, 1.807) is 11.3 Å². The van der Waals surface area contributed by atoms with E-state index in [2.05, 4.69) is 162 Å². The van der Waals surface area contributed by atoms with Gasteiger partial charge in [0.2, 0.25) is 0 Å². The summed E-state index contributed by atoms with van der Waals surface area (Å²) in [6.07, 6.45) is -0.329. The Balaban J connectivity index is 1.13. The fraction of sp³-hybridized carbons (Fsp3) is 0.0227. The molecule has 4 nitrogen and oxygen atoms in total. The van der Waals surface area contributed by atoms with Crippen LogP contribution < -0.4 is 15.2 Å². The minimum atomic E-state index is -0.329. The number of hydrogen-bond donors (Lipinski definition) is 1. The molecular weight excluding hydrogens is 619 g/mol. The fourth-order valence-electron chi connectivity index (χ4n) is 7.78. The highest BCUT2D eigenvalue weighted by Crippen LogP contribution is 2.38. The van der Waals surface area contributed by atoms with Crippen molar-refractivity contribution < 1.29 is 4.42 Å². The van der Waals surface area contributed by atoms with Crippen molar-refractivity contribution in [3.8, 4) is 11.1 Å². The summed E-state index contributed by atoms with van der Waals surface area (Å²) >= 11 is 1.80. The molecule has 7 aromatic carbocycles. The number of rotatable bonds is 3. The van der Waals surface area contributed by atoms with Crippen LogP contribution in [0.15, 0.2) is 161 Å². The van der Waals surface area contributed by atoms with Crippen molar-refractivity contribution in [2.45, 2.75) is 6.17 Å². The van der Waals surface area contributed by atoms with Gasteiger partial charge in [-0.25, -0.2) is 0 Å². The number of fused-ring (bicyclic) bond motifs is 10. The molecule has 1 aliphatic rings. The van der Waals surface area contributed by atoms with E-state index in [4.69, 9.17) is 9.41 Å². The maximum Gasteiger partial charge on any atom is 0.147 e. The number of aromatic nitrogens is 1. The van der Waals surface area contributed by atoms with Gasteiger partial charge < -0.3 is 9.73 Å². The molecule has 1 aliphatic heterocycles. The molecule has 0 fully saturated rings. The molecule has 3 aromatic heterocycles. The third-order valence-electron chi connectivity index (χ3n) is 10.0. The second-order valence-corrected chi connectivity index (χ2v) is 13.8. The van der Waals surface area contributed by atoms with Crippen molar-refractivity contribution in [3.05, 3.63) is 167 Å². The lowest BCUT2D eigenvalue weighted by Gasteiger charge is -2.24. The van der Waals surface area contributed by atoms with E-state index < -0.39 is 0 Å². The first-order valence-corrected chi connectivity index (χ1v) is 17.4. The Morgan fingerprint density at radius 3 is 2.10 bits per heavy atom. The lowest BCUT2D eigenvalue weighted by atomic mass is 9.99. The summed E-state index contributed by atoms with van der Waals surface area (Å²) in [5.74, 6) is 1.05. The third kappa shape index (κ3) is 3.94. The molecule has 11 rings (SSSR count). The Morgan fingerprint density at radius 2 is 1.27 bits per heavy atom. The van der Waals surface area contributed by atoms with Gasteiger partial charge in [-0.2, -0.15) is 0 Å². The molecule has 5 heteroatoms. The highest BCUT2D eigenvalue weighted by molar-refractivity contribution is 7.17. The first kappa shape index (κ1) is 26.9. The lowest BCUT2D eigenvalue weighted by Crippen LogP contribution is -2.39. The van der Waals surface area contributed by atoms with Crippen LogP contribution in [-0.4, -0.2) is 4.57 Å². The zero-order chi connectivity index (χ0) is 32.1. The average molecular weight is 646 g/mol. The Hall–Kier alpha value is -6.17. The number of hydrogen-bond acceptors (Lipinski definition) is 4. The molecule has 49 heavy (non-hydrogen) atoms. The van der Waals surface area contributed by atoms with Crippen LogP contribution in [0.5, 0.6) is 0 Å². The normalized spacial score (nSPS) is 14.6. The third-order valence-corrected chi connectivity index (χ3v) is 11.2. The molecule has 0 radical (unpaired) electrons. The van der Waals surface area contributed by atoms with Gasteiger partial charge >= 0.3 is 0 Å². The Bertz CT molecular complexity index is 3060. The smallest absolute Gasteiger partial charge is 0.147 e. The van der Waals surface area contributed by atoms with Crippen molar-refractivity contribution in [2.75, 3.05) is 0 Å². The Labute approximate surface area is 284 Å². The summed E-state index contributed by atoms with van der Waals surface area (Å²) in [6.45, 7) is 0. The minimum absolute atomic E-state index is 0.329. The molecule has 0 bridgehead atoms. The van der Waals surface area contributed by atoms with Gasteiger partial charge in [0, 0.05) is 37.2 Å². The molecule has 0 amide bonds. The van der Waals surface area contributed by atoms with Crippen molar-refractivity contribution in [1.29, 1.82) is 0 Å². The molecule has 0 saturated carbocycles. The number of benzene rings is 7. The van der Waals surface area contributed by atoms with Crippen molar-refractivity contribution in [3.63, 3.8) is 0 Å². The van der Waals surface area contributed by atoms with Gasteiger partial charge in [0.25, 0.3) is 0 Å². The Kier molecular flexibility index (Phi) is 5.57. The molecule has 1 N–H and O–H groups in total. The first-order chi connectivity index (χ1) is 24.3. The van der Waals surface area contributed by atoms with E-state index in [1.807, 2.05) is 0 Å². The van der Waals surface area contributed by atoms with Gasteiger partial charge in [-0.05, 0) is 64.4 Å². The summed E-state index contributed by atoms with van der Waals surface area (Å²) in [5.41, 5.74) is 7.47. The lowest BCUT2D eigenvalue weighted by molar-refractivity contribution is 0.624. The molecule has 0 saturated heterocycles. The second kappa shape index (κ2) is 10.2. The summed E-state index contributed by atoms with van der Waals surface area (Å²) in [6, 6.07) is 54.1. The van der Waals surface area contributed by atoms with Crippen LogP contribution in [0, 0.1) is 0 Å². The maximum atomic E-state index is 6.59. The molecule has 4 heterocycles. The quantitative estimate of drug-likeness (QED) is 0.208. The van der Waals surface area contributed by atoms with Crippen LogP contribution in [-0.2, 0) is 0 Å². The van der Waals surface area contributed by atoms with Gasteiger partial charge in [-0.15, -0.1) is 11.3 Å². The standard InChI is InChI=1S/C44H27N3OS/c1-2-11-27-24-28(21-20-26(27)10-1)29-22-23-32-38(25-29)48-37-18-9-15-34(40(32)37)43-45-41-33-14-5-8-19-39(33)49-42(41)44(46-43)47-35-16-6-3-12-30(35)31-13-4-7-17-36(31)47/h1-25,43,46H.